The van der Waals surface area contributed by atoms with Crippen LogP contribution in [0, 0.1) is 30.5 Å². The molecule has 4 bridgehead atoms. The highest BCUT2D eigenvalue weighted by Crippen LogP contribution is 2.50. The van der Waals surface area contributed by atoms with Crippen LogP contribution in [-0.4, -0.2) is 131 Å². The van der Waals surface area contributed by atoms with Crippen molar-refractivity contribution in [2.75, 3.05) is 37.5 Å². The number of aliphatic hydroxyl groups is 1. The Balaban J connectivity index is 1.17. The lowest BCUT2D eigenvalue weighted by Gasteiger charge is -2.41. The maximum absolute atomic E-state index is 16.2. The summed E-state index contributed by atoms with van der Waals surface area (Å²) < 4.78 is 40.0. The van der Waals surface area contributed by atoms with Crippen LogP contribution in [0.25, 0.3) is 0 Å². The second-order valence-corrected chi connectivity index (χ2v) is 23.7. The number of carbonyl (C=O) groups is 8. The summed E-state index contributed by atoms with van der Waals surface area (Å²) in [7, 11) is 2.98. The van der Waals surface area contributed by atoms with Crippen LogP contribution in [0.1, 0.15) is 116 Å². The quantitative estimate of drug-likeness (QED) is 0.0259. The zero-order valence-corrected chi connectivity index (χ0v) is 49.9. The van der Waals surface area contributed by atoms with Gasteiger partial charge in [0.05, 0.1) is 46.4 Å². The van der Waals surface area contributed by atoms with Gasteiger partial charge in [-0.15, -0.1) is 0 Å². The average molecular weight is 1200 g/mol. The van der Waals surface area contributed by atoms with Crippen molar-refractivity contribution in [3.63, 3.8) is 0 Å². The van der Waals surface area contributed by atoms with Crippen LogP contribution in [0.5, 0.6) is 0 Å². The first-order valence-corrected chi connectivity index (χ1v) is 28.7. The minimum absolute atomic E-state index is 0.0275. The molecule has 2 fully saturated rings. The minimum atomic E-state index is -1.66. The first-order valence-electron chi connectivity index (χ1n) is 27.5. The Morgan fingerprint density at radius 3 is 2.40 bits per heavy atom. The van der Waals surface area contributed by atoms with Crippen LogP contribution in [0.2, 0.25) is 10.0 Å². The number of hydrogen-bond acceptors (Lipinski definition) is 14. The van der Waals surface area contributed by atoms with Crippen molar-refractivity contribution in [3.8, 4) is 0 Å². The van der Waals surface area contributed by atoms with Gasteiger partial charge in [0.25, 0.3) is 11.8 Å². The van der Waals surface area contributed by atoms with E-state index in [1.54, 1.807) is 39.1 Å². The van der Waals surface area contributed by atoms with Crippen molar-refractivity contribution in [3.05, 3.63) is 92.8 Å². The monoisotopic (exact) mass is 1200 g/mol. The number of anilines is 2. The number of rotatable bonds is 21. The number of allylic oxidation sites excluding steroid dienone is 3. The third kappa shape index (κ3) is 16.8. The number of nitrogens with one attached hydrogen (secondary N) is 3. The Kier molecular flexibility index (Phi) is 22.6. The standard InChI is InChI=1S/C59H75Cl2FN6O13S/c1-32(2)39(27-38(82)15-10-9-11-21-68-49(70)18-19-50(68)71)55(74)65-42(16-13-20-64-56(63)75)45(69)26-37-25-40(60)43(28-41(37)62)66-57(76)80-48-29-51(72)67(7)44-24-36(23-34(4)53(44)61)22-33(3)14-12-17-47(78-8)59(77)30-46(79-52(73)31-59)35(5)54-58(48,6)81-54/h12,14,17-19,23-25,28,32,35,39,42,46-48,54,77H,9-11,13,15-16,20-22,26-27,29-31H2,1-8H3,(H,65,74)(H,66,76)(H3,63,64,75)/b17-12+,33-14+/t35-,39+,42+,46+,47-,48+,54+,58+,59-/m1/s1. The second kappa shape index (κ2) is 28.5. The van der Waals surface area contributed by atoms with Gasteiger partial charge in [-0.1, -0.05) is 92.5 Å². The smallest absolute Gasteiger partial charge is 0.412 e. The van der Waals surface area contributed by atoms with E-state index in [2.05, 4.69) is 16.0 Å². The van der Waals surface area contributed by atoms with Gasteiger partial charge in [0.15, 0.2) is 5.78 Å². The fourth-order valence-electron chi connectivity index (χ4n) is 10.8. The van der Waals surface area contributed by atoms with Gasteiger partial charge in [0, 0.05) is 64.1 Å². The van der Waals surface area contributed by atoms with Crippen LogP contribution in [-0.2, 0) is 60.6 Å². The lowest BCUT2D eigenvalue weighted by Crippen LogP contribution is -2.53. The second-order valence-electron chi connectivity index (χ2n) is 22.4. The van der Waals surface area contributed by atoms with Crippen molar-refractivity contribution in [2.45, 2.75) is 160 Å². The highest BCUT2D eigenvalue weighted by molar-refractivity contribution is 7.80. The van der Waals surface area contributed by atoms with E-state index in [1.807, 2.05) is 39.8 Å². The topological polar surface area (TPSA) is 266 Å². The molecule has 0 aromatic heterocycles. The molecule has 0 radical (unpaired) electrons. The van der Waals surface area contributed by atoms with Gasteiger partial charge in [0.1, 0.15) is 35.3 Å². The Hall–Kier alpha value is -6.10. The summed E-state index contributed by atoms with van der Waals surface area (Å²) in [6.07, 6.45) is 4.88. The number of unbranched alkanes of at least 4 members (excludes halogenated alkanes) is 2. The van der Waals surface area contributed by atoms with Crippen molar-refractivity contribution < 1.29 is 66.8 Å². The number of thiocarbonyl (C=S) groups is 1. The third-order valence-corrected chi connectivity index (χ3v) is 16.9. The Bertz CT molecular complexity index is 2880. The molecule has 6 N–H and O–H groups in total. The normalized spacial score (nSPS) is 25.6. The summed E-state index contributed by atoms with van der Waals surface area (Å²) in [6.45, 7) is 11.2. The Labute approximate surface area is 493 Å². The predicted molar refractivity (Wildman–Crippen MR) is 311 cm³/mol. The molecule has 4 aliphatic heterocycles. The van der Waals surface area contributed by atoms with Gasteiger partial charge in [-0.05, 0) is 111 Å². The average Bonchev–Trinajstić information content (AvgIpc) is 2.07. The number of aryl methyl sites for hydroxylation is 1. The number of primary amides is 1. The molecular weight excluding hydrogens is 1120 g/mol. The van der Waals surface area contributed by atoms with Gasteiger partial charge < -0.3 is 45.3 Å². The van der Waals surface area contributed by atoms with Crippen LogP contribution < -0.4 is 26.6 Å². The lowest BCUT2D eigenvalue weighted by molar-refractivity contribution is -0.187. The van der Waals surface area contributed by atoms with Gasteiger partial charge in [-0.3, -0.25) is 39.0 Å². The molecule has 0 unspecified atom stereocenters. The van der Waals surface area contributed by atoms with E-state index < -0.39 is 108 Å². The number of hydrogen-bond donors (Lipinski definition) is 5. The number of epoxide rings is 1. The molecule has 2 aromatic rings. The van der Waals surface area contributed by atoms with E-state index in [4.69, 9.17) is 60.1 Å². The van der Waals surface area contributed by atoms with Crippen molar-refractivity contribution >= 4 is 99.2 Å². The summed E-state index contributed by atoms with van der Waals surface area (Å²) in [5.41, 5.74) is 4.71. The predicted octanol–water partition coefficient (Wildman–Crippen LogP) is 8.28. The first kappa shape index (κ1) is 65.1. The van der Waals surface area contributed by atoms with Crippen LogP contribution in [0.15, 0.2) is 60.2 Å². The van der Waals surface area contributed by atoms with Crippen molar-refractivity contribution in [2.24, 2.45) is 23.5 Å². The number of Topliss-reactive ketones (excluding diaryl/α,β-unsaturated/α-hetero) is 1. The number of benzene rings is 2. The maximum Gasteiger partial charge on any atom is 0.412 e. The van der Waals surface area contributed by atoms with Crippen molar-refractivity contribution in [1.29, 1.82) is 0 Å². The molecule has 9 atom stereocenters. The fraction of sp³-hybridized carbons (Fsp3) is 0.542. The SMILES string of the molecule is CO[C@@H]1/C=C/C=C(\C)Cc2cc(C)c(Cl)c(c2)N(C)C(=O)C[C@H](OC(=O)Nc2cc(F)c(CC(=O)[C@H](CCCNC(N)=O)NC(=O)[C@@H](CC(=S)CCCCCN3C(=O)C=CC3=O)C(C)C)cc2Cl)[C@]2(C)O[C@H]2[C@H](C)[C@@H]2C[C@@]1(O)CC(=O)O2. The van der Waals surface area contributed by atoms with E-state index in [9.17, 15) is 43.5 Å². The first-order chi connectivity index (χ1) is 38.6. The minimum Gasteiger partial charge on any atom is -0.462 e. The van der Waals surface area contributed by atoms with Gasteiger partial charge in [0.2, 0.25) is 11.8 Å². The number of nitrogens with two attached hydrogens (primary N) is 1. The number of fused-ring (bicyclic) bond motifs is 5. The zero-order valence-electron chi connectivity index (χ0n) is 47.6. The van der Waals surface area contributed by atoms with Crippen LogP contribution in [0.3, 0.4) is 0 Å². The molecule has 0 saturated carbocycles. The van der Waals surface area contributed by atoms with Crippen LogP contribution in [0.4, 0.5) is 25.4 Å². The molecule has 19 nitrogen and oxygen atoms in total. The maximum atomic E-state index is 16.2. The molecule has 2 saturated heterocycles. The van der Waals surface area contributed by atoms with Crippen LogP contribution >= 0.6 is 35.4 Å². The molecule has 7 amide bonds. The number of carbonyl (C=O) groups excluding carboxylic acids is 8. The van der Waals surface area contributed by atoms with E-state index in [-0.39, 0.29) is 72.7 Å². The molecule has 0 spiro atoms. The molecule has 4 aliphatic rings. The van der Waals surface area contributed by atoms with E-state index >= 15 is 4.39 Å². The molecule has 2 aromatic carbocycles. The molecule has 6 rings (SSSR count). The molecular formula is C59H75Cl2FN6O13S. The van der Waals surface area contributed by atoms with E-state index in [1.165, 1.54) is 35.1 Å². The summed E-state index contributed by atoms with van der Waals surface area (Å²) in [6, 6.07) is 3.87. The number of imide groups is 1. The van der Waals surface area contributed by atoms with E-state index in [0.29, 0.717) is 59.8 Å². The molecule has 446 valence electrons. The number of esters is 1. The molecule has 23 heteroatoms. The number of ketones is 1. The number of methoxy groups -OCH3 is 1. The Morgan fingerprint density at radius 2 is 1.73 bits per heavy atom. The lowest BCUT2D eigenvalue weighted by atomic mass is 9.78. The number of halogens is 3. The Morgan fingerprint density at radius 1 is 1.02 bits per heavy atom. The number of amides is 7. The highest BCUT2D eigenvalue weighted by atomic mass is 35.5. The summed E-state index contributed by atoms with van der Waals surface area (Å²) in [4.78, 5) is 108. The summed E-state index contributed by atoms with van der Waals surface area (Å²) in [5.74, 6) is -5.25. The number of urea groups is 1. The van der Waals surface area contributed by atoms with Crippen molar-refractivity contribution in [1.82, 2.24) is 15.5 Å². The highest BCUT2D eigenvalue weighted by Gasteiger charge is 2.64. The zero-order chi connectivity index (χ0) is 60.4. The largest absolute Gasteiger partial charge is 0.462 e. The summed E-state index contributed by atoms with van der Waals surface area (Å²) >= 11 is 19.2. The molecule has 0 aliphatic carbocycles. The van der Waals surface area contributed by atoms with Gasteiger partial charge in [-0.2, -0.15) is 0 Å². The number of nitrogens with zero attached hydrogens (tertiary/aromatic N) is 2. The fourth-order valence-corrected chi connectivity index (χ4v) is 11.6. The van der Waals surface area contributed by atoms with Gasteiger partial charge >= 0.3 is 18.1 Å². The molecule has 4 heterocycles. The third-order valence-electron chi connectivity index (χ3n) is 15.7. The number of ether oxygens (including phenoxy) is 4. The van der Waals surface area contributed by atoms with Gasteiger partial charge in [-0.25, -0.2) is 14.0 Å². The van der Waals surface area contributed by atoms with E-state index in [0.717, 1.165) is 17.2 Å². The molecule has 82 heavy (non-hydrogen) atoms. The summed E-state index contributed by atoms with van der Waals surface area (Å²) in [5, 5.41) is 19.9.